The number of nitrogens with zero attached hydrogens (tertiary/aromatic N) is 2. The van der Waals surface area contributed by atoms with E-state index in [9.17, 15) is 0 Å². The molecule has 9 aromatic carbocycles. The molecule has 0 N–H and O–H groups in total. The van der Waals surface area contributed by atoms with Crippen molar-refractivity contribution in [2.24, 2.45) is 0 Å². The lowest BCUT2D eigenvalue weighted by Crippen LogP contribution is -1.99. The Kier molecular flexibility index (Phi) is 7.82. The Morgan fingerprint density at radius 2 is 0.733 bits per heavy atom. The summed E-state index contributed by atoms with van der Waals surface area (Å²) in [6.45, 7) is 0. The fourth-order valence-electron chi connectivity index (χ4n) is 8.91. The van der Waals surface area contributed by atoms with Crippen LogP contribution < -0.4 is 0 Å². The van der Waals surface area contributed by atoms with Gasteiger partial charge in [-0.2, -0.15) is 0 Å². The van der Waals surface area contributed by atoms with E-state index in [0.717, 1.165) is 111 Å². The van der Waals surface area contributed by atoms with Crippen molar-refractivity contribution in [1.82, 2.24) is 9.97 Å². The predicted octanol–water partition coefficient (Wildman–Crippen LogP) is 15.4. The van der Waals surface area contributed by atoms with Crippen molar-refractivity contribution in [3.8, 4) is 67.3 Å². The molecule has 4 nitrogen and oxygen atoms in total. The molecule has 0 amide bonds. The Labute approximate surface area is 345 Å². The van der Waals surface area contributed by atoms with E-state index >= 15 is 0 Å². The van der Waals surface area contributed by atoms with Crippen LogP contribution in [0.3, 0.4) is 0 Å². The monoisotopic (exact) mass is 766 g/mol. The summed E-state index contributed by atoms with van der Waals surface area (Å²) in [6.07, 6.45) is 0. The molecule has 0 radical (unpaired) electrons. The van der Waals surface area contributed by atoms with Crippen molar-refractivity contribution in [1.29, 1.82) is 0 Å². The number of aromatic nitrogens is 2. The number of benzene rings is 9. The molecule has 0 aliphatic rings. The van der Waals surface area contributed by atoms with Crippen LogP contribution in [0.1, 0.15) is 0 Å². The summed E-state index contributed by atoms with van der Waals surface area (Å²) < 4.78 is 13.3. The second kappa shape index (κ2) is 13.8. The number of furan rings is 2. The lowest BCUT2D eigenvalue weighted by Gasteiger charge is -2.17. The van der Waals surface area contributed by atoms with Gasteiger partial charge >= 0.3 is 0 Å². The SMILES string of the molecule is c1ccc(-c2ccc(-c3ccc4c(-c5ccccc5)cccc4c3-c3nc(-c4cccc5c4oc4ccccc45)cc(-c4cccc5c4oc4ccccc45)n3)cc2)cc1. The minimum absolute atomic E-state index is 0.613. The highest BCUT2D eigenvalue weighted by atomic mass is 16.3. The average Bonchev–Trinajstić information content (AvgIpc) is 3.90. The van der Waals surface area contributed by atoms with Gasteiger partial charge in [0.25, 0.3) is 0 Å². The highest BCUT2D eigenvalue weighted by Crippen LogP contribution is 2.44. The third-order valence-corrected chi connectivity index (χ3v) is 11.8. The summed E-state index contributed by atoms with van der Waals surface area (Å²) in [5.74, 6) is 0.613. The van der Waals surface area contributed by atoms with Crippen LogP contribution in [0.25, 0.3) is 122 Å². The third-order valence-electron chi connectivity index (χ3n) is 11.8. The average molecular weight is 767 g/mol. The van der Waals surface area contributed by atoms with Gasteiger partial charge in [0.05, 0.1) is 11.4 Å². The molecular formula is C56H34N2O2. The van der Waals surface area contributed by atoms with Crippen LogP contribution >= 0.6 is 0 Å². The Hall–Kier alpha value is -8.08. The van der Waals surface area contributed by atoms with Gasteiger partial charge in [0, 0.05) is 38.2 Å². The summed E-state index contributed by atoms with van der Waals surface area (Å²) >= 11 is 0. The fourth-order valence-corrected chi connectivity index (χ4v) is 8.91. The summed E-state index contributed by atoms with van der Waals surface area (Å²) in [6, 6.07) is 72.0. The highest BCUT2D eigenvalue weighted by Gasteiger charge is 2.22. The van der Waals surface area contributed by atoms with E-state index in [0.29, 0.717) is 5.82 Å². The molecule has 3 aromatic heterocycles. The molecule has 12 rings (SSSR count). The number of hydrogen-bond acceptors (Lipinski definition) is 4. The molecule has 3 heterocycles. The largest absolute Gasteiger partial charge is 0.455 e. The third kappa shape index (κ3) is 5.53. The normalized spacial score (nSPS) is 11.7. The Balaban J connectivity index is 1.17. The van der Waals surface area contributed by atoms with E-state index in [2.05, 4.69) is 182 Å². The van der Waals surface area contributed by atoms with Crippen molar-refractivity contribution >= 4 is 54.6 Å². The van der Waals surface area contributed by atoms with Gasteiger partial charge in [0.1, 0.15) is 22.3 Å². The lowest BCUT2D eigenvalue weighted by atomic mass is 9.89. The van der Waals surface area contributed by atoms with E-state index in [1.165, 1.54) is 5.56 Å². The van der Waals surface area contributed by atoms with Gasteiger partial charge in [-0.1, -0.05) is 176 Å². The quantitative estimate of drug-likeness (QED) is 0.169. The minimum atomic E-state index is 0.613. The zero-order chi connectivity index (χ0) is 39.6. The smallest absolute Gasteiger partial charge is 0.161 e. The number of hydrogen-bond donors (Lipinski definition) is 0. The Morgan fingerprint density at radius 3 is 1.33 bits per heavy atom. The topological polar surface area (TPSA) is 52.1 Å². The van der Waals surface area contributed by atoms with Crippen LogP contribution in [0.15, 0.2) is 215 Å². The van der Waals surface area contributed by atoms with Gasteiger partial charge in [-0.3, -0.25) is 0 Å². The maximum Gasteiger partial charge on any atom is 0.161 e. The zero-order valence-corrected chi connectivity index (χ0v) is 32.3. The summed E-state index contributed by atoms with van der Waals surface area (Å²) in [4.78, 5) is 11.1. The summed E-state index contributed by atoms with van der Waals surface area (Å²) in [5, 5.41) is 6.41. The van der Waals surface area contributed by atoms with E-state index in [1.807, 2.05) is 24.3 Å². The molecule has 0 unspecified atom stereocenters. The van der Waals surface area contributed by atoms with Gasteiger partial charge < -0.3 is 8.83 Å². The maximum absolute atomic E-state index is 6.64. The standard InChI is InChI=1S/C56H34N2O2/c1-3-14-35(15-4-1)36-28-30-38(31-29-36)40-32-33-41-39(37-16-5-2-6-17-37)20-11-21-44(41)53(40)56-57-49(47-24-12-22-45-42-18-7-9-26-51(42)59-54(45)47)34-50(58-56)48-25-13-23-46-43-19-8-10-27-52(43)60-55(46)48/h1-34H. The molecule has 4 heteroatoms. The van der Waals surface area contributed by atoms with Gasteiger partial charge in [0.15, 0.2) is 5.82 Å². The fraction of sp³-hybridized carbons (Fsp3) is 0. The number of para-hydroxylation sites is 4. The highest BCUT2D eigenvalue weighted by molar-refractivity contribution is 6.12. The summed E-state index contributed by atoms with van der Waals surface area (Å²) in [7, 11) is 0. The van der Waals surface area contributed by atoms with Gasteiger partial charge in [-0.05, 0) is 74.5 Å². The van der Waals surface area contributed by atoms with Gasteiger partial charge in [-0.15, -0.1) is 0 Å². The van der Waals surface area contributed by atoms with Crippen LogP contribution in [0.2, 0.25) is 0 Å². The zero-order valence-electron chi connectivity index (χ0n) is 32.3. The molecule has 0 spiro atoms. The van der Waals surface area contributed by atoms with Crippen LogP contribution in [-0.2, 0) is 0 Å². The molecular weight excluding hydrogens is 733 g/mol. The second-order valence-electron chi connectivity index (χ2n) is 15.2. The Morgan fingerprint density at radius 1 is 0.283 bits per heavy atom. The van der Waals surface area contributed by atoms with Crippen molar-refractivity contribution in [3.05, 3.63) is 206 Å². The van der Waals surface area contributed by atoms with Crippen molar-refractivity contribution in [2.75, 3.05) is 0 Å². The molecule has 60 heavy (non-hydrogen) atoms. The number of fused-ring (bicyclic) bond motifs is 7. The van der Waals surface area contributed by atoms with Crippen molar-refractivity contribution < 1.29 is 8.83 Å². The van der Waals surface area contributed by atoms with E-state index in [-0.39, 0.29) is 0 Å². The maximum atomic E-state index is 6.64. The first-order chi connectivity index (χ1) is 29.7. The molecule has 0 fully saturated rings. The van der Waals surface area contributed by atoms with Crippen LogP contribution in [0.5, 0.6) is 0 Å². The molecule has 0 aliphatic heterocycles. The van der Waals surface area contributed by atoms with E-state index < -0.39 is 0 Å². The molecule has 0 atom stereocenters. The molecule has 280 valence electrons. The van der Waals surface area contributed by atoms with Crippen LogP contribution in [0.4, 0.5) is 0 Å². The number of rotatable bonds is 6. The van der Waals surface area contributed by atoms with E-state index in [4.69, 9.17) is 18.8 Å². The van der Waals surface area contributed by atoms with Crippen molar-refractivity contribution in [3.63, 3.8) is 0 Å². The first kappa shape index (κ1) is 34.0. The molecule has 12 aromatic rings. The molecule has 0 saturated heterocycles. The van der Waals surface area contributed by atoms with E-state index in [1.54, 1.807) is 0 Å². The van der Waals surface area contributed by atoms with Gasteiger partial charge in [-0.25, -0.2) is 9.97 Å². The first-order valence-electron chi connectivity index (χ1n) is 20.2. The molecule has 0 saturated carbocycles. The van der Waals surface area contributed by atoms with Crippen LogP contribution in [0, 0.1) is 0 Å². The van der Waals surface area contributed by atoms with Gasteiger partial charge in [0.2, 0.25) is 0 Å². The molecule has 0 bridgehead atoms. The summed E-state index contributed by atoms with van der Waals surface area (Å²) in [5.41, 5.74) is 14.3. The Bertz CT molecular complexity index is 3450. The second-order valence-corrected chi connectivity index (χ2v) is 15.2. The molecule has 0 aliphatic carbocycles. The van der Waals surface area contributed by atoms with Crippen molar-refractivity contribution in [2.45, 2.75) is 0 Å². The first-order valence-corrected chi connectivity index (χ1v) is 20.2. The van der Waals surface area contributed by atoms with Crippen LogP contribution in [-0.4, -0.2) is 9.97 Å². The predicted molar refractivity (Wildman–Crippen MR) is 247 cm³/mol. The lowest BCUT2D eigenvalue weighted by molar-refractivity contribution is 0.669. The minimum Gasteiger partial charge on any atom is -0.455 e.